The van der Waals surface area contributed by atoms with Crippen molar-refractivity contribution in [1.29, 1.82) is 0 Å². The molecule has 0 amide bonds. The Morgan fingerprint density at radius 2 is 1.83 bits per heavy atom. The van der Waals surface area contributed by atoms with Crippen LogP contribution >= 0.6 is 0 Å². The van der Waals surface area contributed by atoms with Crippen LogP contribution in [0.2, 0.25) is 0 Å². The molecule has 3 nitrogen and oxygen atoms in total. The second kappa shape index (κ2) is 6.55. The van der Waals surface area contributed by atoms with Crippen LogP contribution in [0.4, 0.5) is 0 Å². The van der Waals surface area contributed by atoms with E-state index in [4.69, 9.17) is 10.5 Å². The van der Waals surface area contributed by atoms with E-state index >= 15 is 0 Å². The largest absolute Gasteiger partial charge is 0.466 e. The number of hydrogen-bond acceptors (Lipinski definition) is 3. The zero-order chi connectivity index (χ0) is 13.7. The molecule has 0 aliphatic heterocycles. The van der Waals surface area contributed by atoms with E-state index in [2.05, 4.69) is 32.9 Å². The number of rotatable bonds is 5. The average molecular weight is 249 g/mol. The van der Waals surface area contributed by atoms with E-state index in [0.29, 0.717) is 19.6 Å². The molecule has 1 unspecified atom stereocenters. The molecule has 0 fully saturated rings. The van der Waals surface area contributed by atoms with Crippen molar-refractivity contribution in [2.75, 3.05) is 13.2 Å². The Labute approximate surface area is 109 Å². The first kappa shape index (κ1) is 14.7. The molecule has 1 aromatic carbocycles. The number of esters is 1. The van der Waals surface area contributed by atoms with Gasteiger partial charge in [0.1, 0.15) is 0 Å². The normalized spacial score (nSPS) is 12.3. The van der Waals surface area contributed by atoms with Gasteiger partial charge in [0.2, 0.25) is 0 Å². The van der Waals surface area contributed by atoms with Gasteiger partial charge in [0, 0.05) is 6.54 Å². The lowest BCUT2D eigenvalue weighted by Crippen LogP contribution is -2.28. The second-order valence-corrected chi connectivity index (χ2v) is 4.77. The van der Waals surface area contributed by atoms with Gasteiger partial charge in [-0.2, -0.15) is 0 Å². The van der Waals surface area contributed by atoms with Crippen LogP contribution in [0.5, 0.6) is 0 Å². The van der Waals surface area contributed by atoms with Crippen LogP contribution in [-0.2, 0) is 16.0 Å². The van der Waals surface area contributed by atoms with Crippen LogP contribution in [0.15, 0.2) is 12.1 Å². The van der Waals surface area contributed by atoms with Crippen LogP contribution < -0.4 is 5.73 Å². The van der Waals surface area contributed by atoms with Crippen LogP contribution in [-0.4, -0.2) is 19.1 Å². The maximum atomic E-state index is 11.8. The molecule has 2 N–H and O–H groups in total. The van der Waals surface area contributed by atoms with Crippen molar-refractivity contribution in [3.63, 3.8) is 0 Å². The van der Waals surface area contributed by atoms with E-state index in [0.717, 1.165) is 0 Å². The summed E-state index contributed by atoms with van der Waals surface area (Å²) in [5, 5.41) is 0. The number of benzene rings is 1. The number of carbonyl (C=O) groups excluding carboxylic acids is 1. The smallest absolute Gasteiger partial charge is 0.310 e. The fourth-order valence-electron chi connectivity index (χ4n) is 2.30. The Morgan fingerprint density at radius 1 is 1.28 bits per heavy atom. The molecular formula is C15H23NO2. The SMILES string of the molecule is CCOC(=O)C(CN)Cc1c(C)cc(C)cc1C. The topological polar surface area (TPSA) is 52.3 Å². The third-order valence-electron chi connectivity index (χ3n) is 3.20. The highest BCUT2D eigenvalue weighted by molar-refractivity contribution is 5.73. The van der Waals surface area contributed by atoms with Gasteiger partial charge >= 0.3 is 5.97 Å². The van der Waals surface area contributed by atoms with Gasteiger partial charge in [-0.05, 0) is 50.8 Å². The molecule has 0 radical (unpaired) electrons. The predicted octanol–water partition coefficient (Wildman–Crippen LogP) is 2.29. The summed E-state index contributed by atoms with van der Waals surface area (Å²) in [6, 6.07) is 4.28. The van der Waals surface area contributed by atoms with Crippen molar-refractivity contribution in [3.8, 4) is 0 Å². The summed E-state index contributed by atoms with van der Waals surface area (Å²) in [6.45, 7) is 8.78. The van der Waals surface area contributed by atoms with Gasteiger partial charge < -0.3 is 10.5 Å². The minimum absolute atomic E-state index is 0.195. The van der Waals surface area contributed by atoms with Crippen molar-refractivity contribution < 1.29 is 9.53 Å². The van der Waals surface area contributed by atoms with Crippen molar-refractivity contribution in [3.05, 3.63) is 34.4 Å². The summed E-state index contributed by atoms with van der Waals surface area (Å²) in [7, 11) is 0. The maximum Gasteiger partial charge on any atom is 0.310 e. The minimum atomic E-state index is -0.245. The number of nitrogens with two attached hydrogens (primary N) is 1. The highest BCUT2D eigenvalue weighted by atomic mass is 16.5. The summed E-state index contributed by atoms with van der Waals surface area (Å²) in [5.41, 5.74) is 10.6. The van der Waals surface area contributed by atoms with Crippen LogP contribution in [0.3, 0.4) is 0 Å². The molecule has 0 bridgehead atoms. The lowest BCUT2D eigenvalue weighted by atomic mass is 9.91. The van der Waals surface area contributed by atoms with Crippen LogP contribution in [0.1, 0.15) is 29.2 Å². The van der Waals surface area contributed by atoms with Gasteiger partial charge in [0.25, 0.3) is 0 Å². The molecule has 3 heteroatoms. The Morgan fingerprint density at radius 3 is 2.28 bits per heavy atom. The van der Waals surface area contributed by atoms with Gasteiger partial charge in [-0.25, -0.2) is 0 Å². The van der Waals surface area contributed by atoms with E-state index in [1.54, 1.807) is 0 Å². The fraction of sp³-hybridized carbons (Fsp3) is 0.533. The maximum absolute atomic E-state index is 11.8. The number of carbonyl (C=O) groups is 1. The van der Waals surface area contributed by atoms with Crippen molar-refractivity contribution in [2.24, 2.45) is 11.7 Å². The van der Waals surface area contributed by atoms with Gasteiger partial charge in [-0.15, -0.1) is 0 Å². The number of hydrogen-bond donors (Lipinski definition) is 1. The molecule has 1 aromatic rings. The van der Waals surface area contributed by atoms with Crippen molar-refractivity contribution in [2.45, 2.75) is 34.1 Å². The summed E-state index contributed by atoms with van der Waals surface area (Å²) in [6.07, 6.45) is 0.660. The zero-order valence-electron chi connectivity index (χ0n) is 11.7. The van der Waals surface area contributed by atoms with Crippen molar-refractivity contribution in [1.82, 2.24) is 0 Å². The van der Waals surface area contributed by atoms with Gasteiger partial charge in [-0.1, -0.05) is 17.7 Å². The Kier molecular flexibility index (Phi) is 5.35. The second-order valence-electron chi connectivity index (χ2n) is 4.77. The summed E-state index contributed by atoms with van der Waals surface area (Å²) in [5.74, 6) is -0.440. The Hall–Kier alpha value is -1.35. The average Bonchev–Trinajstić information content (AvgIpc) is 2.28. The standard InChI is InChI=1S/C15H23NO2/c1-5-18-15(17)13(9-16)8-14-11(3)6-10(2)7-12(14)4/h6-7,13H,5,8-9,16H2,1-4H3. The quantitative estimate of drug-likeness (QED) is 0.815. The van der Waals surface area contributed by atoms with Gasteiger partial charge in [-0.3, -0.25) is 4.79 Å². The first-order valence-electron chi connectivity index (χ1n) is 6.43. The molecule has 0 aromatic heterocycles. The monoisotopic (exact) mass is 249 g/mol. The summed E-state index contributed by atoms with van der Waals surface area (Å²) >= 11 is 0. The molecule has 1 atom stereocenters. The third-order valence-corrected chi connectivity index (χ3v) is 3.20. The Bertz CT molecular complexity index is 403. The molecule has 0 saturated heterocycles. The van der Waals surface area contributed by atoms with Crippen LogP contribution in [0, 0.1) is 26.7 Å². The third kappa shape index (κ3) is 3.57. The van der Waals surface area contributed by atoms with E-state index in [1.165, 1.54) is 22.3 Å². The van der Waals surface area contributed by atoms with E-state index in [-0.39, 0.29) is 11.9 Å². The summed E-state index contributed by atoms with van der Waals surface area (Å²) < 4.78 is 5.05. The Balaban J connectivity index is 2.92. The highest BCUT2D eigenvalue weighted by Crippen LogP contribution is 2.20. The lowest BCUT2D eigenvalue weighted by Gasteiger charge is -2.17. The predicted molar refractivity (Wildman–Crippen MR) is 73.5 cm³/mol. The zero-order valence-corrected chi connectivity index (χ0v) is 11.7. The molecular weight excluding hydrogens is 226 g/mol. The van der Waals surface area contributed by atoms with E-state index < -0.39 is 0 Å². The first-order valence-corrected chi connectivity index (χ1v) is 6.43. The molecule has 0 heterocycles. The van der Waals surface area contributed by atoms with E-state index in [9.17, 15) is 4.79 Å². The van der Waals surface area contributed by atoms with Gasteiger partial charge in [0.05, 0.1) is 12.5 Å². The molecule has 0 spiro atoms. The first-order chi connectivity index (χ1) is 8.49. The number of ether oxygens (including phenoxy) is 1. The summed E-state index contributed by atoms with van der Waals surface area (Å²) in [4.78, 5) is 11.8. The van der Waals surface area contributed by atoms with Gasteiger partial charge in [0.15, 0.2) is 0 Å². The molecule has 18 heavy (non-hydrogen) atoms. The molecule has 1 rings (SSSR count). The number of aryl methyl sites for hydroxylation is 3. The van der Waals surface area contributed by atoms with E-state index in [1.807, 2.05) is 6.92 Å². The molecule has 0 saturated carbocycles. The molecule has 100 valence electrons. The van der Waals surface area contributed by atoms with Crippen LogP contribution in [0.25, 0.3) is 0 Å². The van der Waals surface area contributed by atoms with Crippen molar-refractivity contribution >= 4 is 5.97 Å². The molecule has 0 aliphatic rings. The fourth-order valence-corrected chi connectivity index (χ4v) is 2.30. The minimum Gasteiger partial charge on any atom is -0.466 e. The lowest BCUT2D eigenvalue weighted by molar-refractivity contribution is -0.147. The molecule has 0 aliphatic carbocycles. The highest BCUT2D eigenvalue weighted by Gasteiger charge is 2.20.